The van der Waals surface area contributed by atoms with Crippen molar-refractivity contribution in [3.8, 4) is 0 Å². The highest BCUT2D eigenvalue weighted by atomic mass is 79.9. The van der Waals surface area contributed by atoms with Crippen LogP contribution in [-0.4, -0.2) is 0 Å². The second-order valence-electron chi connectivity index (χ2n) is 3.69. The van der Waals surface area contributed by atoms with Gasteiger partial charge >= 0.3 is 0 Å². The van der Waals surface area contributed by atoms with Crippen LogP contribution in [0, 0.1) is 11.6 Å². The van der Waals surface area contributed by atoms with Crippen molar-refractivity contribution in [3.05, 3.63) is 63.1 Å². The monoisotopic (exact) mass is 331 g/mol. The molecule has 0 heterocycles. The number of anilines is 1. The maximum atomic E-state index is 13.2. The fourth-order valence-corrected chi connectivity index (χ4v) is 2.09. The number of hydrogen-bond donors (Lipinski definition) is 1. The molecule has 1 N–H and O–H groups in total. The lowest BCUT2D eigenvalue weighted by Crippen LogP contribution is -2.02. The lowest BCUT2D eigenvalue weighted by molar-refractivity contribution is 0.625. The quantitative estimate of drug-likeness (QED) is 0.834. The predicted molar refractivity (Wildman–Crippen MR) is 72.8 cm³/mol. The fourth-order valence-electron chi connectivity index (χ4n) is 1.51. The van der Waals surface area contributed by atoms with Crippen LogP contribution in [0.5, 0.6) is 0 Å². The van der Waals surface area contributed by atoms with Crippen LogP contribution in [0.2, 0.25) is 5.02 Å². The molecule has 0 aliphatic carbocycles. The van der Waals surface area contributed by atoms with Gasteiger partial charge in [0.2, 0.25) is 0 Å². The van der Waals surface area contributed by atoms with Crippen molar-refractivity contribution in [2.45, 2.75) is 6.54 Å². The summed E-state index contributed by atoms with van der Waals surface area (Å²) in [5.41, 5.74) is 1.21. The van der Waals surface area contributed by atoms with E-state index in [1.807, 2.05) is 0 Å². The van der Waals surface area contributed by atoms with E-state index in [1.54, 1.807) is 18.2 Å². The Labute approximate surface area is 117 Å². The molecular formula is C13H9BrClF2N. The highest BCUT2D eigenvalue weighted by Gasteiger charge is 2.06. The minimum absolute atomic E-state index is 0.0810. The predicted octanol–water partition coefficient (Wildman–Crippen LogP) is 4.99. The van der Waals surface area contributed by atoms with Crippen LogP contribution in [0.4, 0.5) is 14.5 Å². The molecule has 0 saturated carbocycles. The molecule has 0 aliphatic rings. The van der Waals surface area contributed by atoms with Gasteiger partial charge in [-0.05, 0) is 45.8 Å². The Morgan fingerprint density at radius 2 is 1.94 bits per heavy atom. The van der Waals surface area contributed by atoms with Crippen molar-refractivity contribution >= 4 is 33.2 Å². The van der Waals surface area contributed by atoms with Gasteiger partial charge in [-0.2, -0.15) is 0 Å². The van der Waals surface area contributed by atoms with Gasteiger partial charge in [0, 0.05) is 11.0 Å². The minimum atomic E-state index is -0.464. The zero-order valence-corrected chi connectivity index (χ0v) is 11.5. The standard InChI is InChI=1S/C13H9BrClF2N/c14-10-5-4-9(16)6-12(10)18-7-8-2-1-3-11(17)13(8)15/h1-6,18H,7H2. The first kappa shape index (κ1) is 13.3. The Morgan fingerprint density at radius 1 is 1.17 bits per heavy atom. The van der Waals surface area contributed by atoms with Crippen molar-refractivity contribution in [1.82, 2.24) is 0 Å². The van der Waals surface area contributed by atoms with Crippen LogP contribution < -0.4 is 5.32 Å². The lowest BCUT2D eigenvalue weighted by atomic mass is 10.2. The summed E-state index contributed by atoms with van der Waals surface area (Å²) in [5.74, 6) is -0.805. The van der Waals surface area contributed by atoms with Gasteiger partial charge in [0.1, 0.15) is 11.6 Å². The highest BCUT2D eigenvalue weighted by molar-refractivity contribution is 9.10. The molecule has 0 aliphatic heterocycles. The van der Waals surface area contributed by atoms with Crippen LogP contribution in [0.1, 0.15) is 5.56 Å². The number of benzene rings is 2. The molecule has 0 radical (unpaired) electrons. The Hall–Kier alpha value is -1.13. The fraction of sp³-hybridized carbons (Fsp3) is 0.0769. The first-order valence-electron chi connectivity index (χ1n) is 5.20. The number of nitrogens with one attached hydrogen (secondary N) is 1. The summed E-state index contributed by atoms with van der Waals surface area (Å²) in [6, 6.07) is 8.90. The third-order valence-corrected chi connectivity index (χ3v) is 3.54. The molecule has 0 atom stereocenters. The summed E-state index contributed by atoms with van der Waals surface area (Å²) in [6.45, 7) is 0.318. The molecule has 0 spiro atoms. The highest BCUT2D eigenvalue weighted by Crippen LogP contribution is 2.25. The average molecular weight is 333 g/mol. The maximum absolute atomic E-state index is 13.2. The topological polar surface area (TPSA) is 12.0 Å². The zero-order chi connectivity index (χ0) is 13.1. The van der Waals surface area contributed by atoms with E-state index in [1.165, 1.54) is 18.2 Å². The van der Waals surface area contributed by atoms with Gasteiger partial charge in [-0.25, -0.2) is 8.78 Å². The second kappa shape index (κ2) is 5.67. The smallest absolute Gasteiger partial charge is 0.142 e. The average Bonchev–Trinajstić information content (AvgIpc) is 2.35. The Morgan fingerprint density at radius 3 is 2.72 bits per heavy atom. The van der Waals surface area contributed by atoms with E-state index in [9.17, 15) is 8.78 Å². The molecule has 0 amide bonds. The van der Waals surface area contributed by atoms with Gasteiger partial charge < -0.3 is 5.32 Å². The number of halogens is 4. The van der Waals surface area contributed by atoms with Crippen molar-refractivity contribution in [2.24, 2.45) is 0 Å². The first-order valence-corrected chi connectivity index (χ1v) is 6.37. The summed E-state index contributed by atoms with van der Waals surface area (Å²) in [4.78, 5) is 0. The minimum Gasteiger partial charge on any atom is -0.380 e. The first-order chi connectivity index (χ1) is 8.58. The van der Waals surface area contributed by atoms with Crippen molar-refractivity contribution in [1.29, 1.82) is 0 Å². The lowest BCUT2D eigenvalue weighted by Gasteiger charge is -2.10. The van der Waals surface area contributed by atoms with Crippen LogP contribution in [0.25, 0.3) is 0 Å². The molecule has 0 fully saturated rings. The van der Waals surface area contributed by atoms with Crippen LogP contribution >= 0.6 is 27.5 Å². The van der Waals surface area contributed by atoms with Crippen LogP contribution in [-0.2, 0) is 6.54 Å². The molecule has 2 aromatic carbocycles. The molecule has 0 unspecified atom stereocenters. The van der Waals surface area contributed by atoms with Crippen molar-refractivity contribution in [3.63, 3.8) is 0 Å². The molecule has 2 rings (SSSR count). The van der Waals surface area contributed by atoms with E-state index in [0.717, 1.165) is 4.47 Å². The Bertz CT molecular complexity index is 573. The third-order valence-electron chi connectivity index (χ3n) is 2.43. The maximum Gasteiger partial charge on any atom is 0.142 e. The van der Waals surface area contributed by atoms with Crippen LogP contribution in [0.15, 0.2) is 40.9 Å². The van der Waals surface area contributed by atoms with E-state index >= 15 is 0 Å². The molecule has 0 bridgehead atoms. The number of hydrogen-bond acceptors (Lipinski definition) is 1. The van der Waals surface area contributed by atoms with E-state index in [4.69, 9.17) is 11.6 Å². The van der Waals surface area contributed by atoms with Gasteiger partial charge in [-0.1, -0.05) is 23.7 Å². The van der Waals surface area contributed by atoms with Crippen LogP contribution in [0.3, 0.4) is 0 Å². The molecular weight excluding hydrogens is 324 g/mol. The summed E-state index contributed by atoms with van der Waals surface area (Å²) < 4.78 is 27.0. The Balaban J connectivity index is 2.16. The third kappa shape index (κ3) is 3.00. The second-order valence-corrected chi connectivity index (χ2v) is 4.92. The largest absolute Gasteiger partial charge is 0.380 e. The molecule has 0 aromatic heterocycles. The number of rotatable bonds is 3. The summed E-state index contributed by atoms with van der Waals surface area (Å²) in [6.07, 6.45) is 0. The van der Waals surface area contributed by atoms with E-state index in [-0.39, 0.29) is 10.8 Å². The molecule has 2 aromatic rings. The summed E-state index contributed by atoms with van der Waals surface area (Å²) in [7, 11) is 0. The van der Waals surface area contributed by atoms with Gasteiger partial charge in [0.25, 0.3) is 0 Å². The van der Waals surface area contributed by atoms with Gasteiger partial charge in [-0.15, -0.1) is 0 Å². The van der Waals surface area contributed by atoms with E-state index < -0.39 is 5.82 Å². The van der Waals surface area contributed by atoms with Crippen molar-refractivity contribution < 1.29 is 8.78 Å². The van der Waals surface area contributed by atoms with E-state index in [2.05, 4.69) is 21.2 Å². The zero-order valence-electron chi connectivity index (χ0n) is 9.18. The van der Waals surface area contributed by atoms with Crippen molar-refractivity contribution in [2.75, 3.05) is 5.32 Å². The van der Waals surface area contributed by atoms with Gasteiger partial charge in [-0.3, -0.25) is 0 Å². The van der Waals surface area contributed by atoms with Gasteiger partial charge in [0.05, 0.1) is 10.7 Å². The molecule has 0 saturated heterocycles. The summed E-state index contributed by atoms with van der Waals surface area (Å²) >= 11 is 9.13. The molecule has 1 nitrogen and oxygen atoms in total. The van der Waals surface area contributed by atoms with Gasteiger partial charge in [0.15, 0.2) is 0 Å². The van der Waals surface area contributed by atoms with E-state index in [0.29, 0.717) is 17.8 Å². The Kier molecular flexibility index (Phi) is 4.19. The SMILES string of the molecule is Fc1ccc(Br)c(NCc2cccc(F)c2Cl)c1. The molecule has 18 heavy (non-hydrogen) atoms. The molecule has 94 valence electrons. The summed E-state index contributed by atoms with van der Waals surface area (Å²) in [5, 5.41) is 3.08. The molecule has 5 heteroatoms. The normalized spacial score (nSPS) is 10.4.